The number of hydrogen-bond acceptors (Lipinski definition) is 6. The van der Waals surface area contributed by atoms with E-state index in [0.717, 1.165) is 48.7 Å². The molecule has 172 valence electrons. The van der Waals surface area contributed by atoms with Crippen molar-refractivity contribution in [3.63, 3.8) is 0 Å². The van der Waals surface area contributed by atoms with Crippen molar-refractivity contribution in [1.29, 1.82) is 0 Å². The molecule has 3 N–H and O–H groups in total. The molecular weight excluding hydrogens is 406 g/mol. The molecule has 32 heavy (non-hydrogen) atoms. The number of aliphatic hydroxyl groups is 2. The summed E-state index contributed by atoms with van der Waals surface area (Å²) in [4.78, 5) is 12.6. The molecule has 0 spiro atoms. The number of unbranched alkanes of at least 4 members (excludes halogenated alkanes) is 3. The molecule has 0 amide bonds. The maximum Gasteiger partial charge on any atom is 0.340 e. The Kier molecular flexibility index (Phi) is 9.28. The fourth-order valence-electron chi connectivity index (χ4n) is 3.70. The van der Waals surface area contributed by atoms with Crippen LogP contribution in [0.15, 0.2) is 57.7 Å². The van der Waals surface area contributed by atoms with Crippen LogP contribution in [0.25, 0.3) is 11.0 Å². The summed E-state index contributed by atoms with van der Waals surface area (Å²) in [7, 11) is 0. The number of fused-ring (bicyclic) bond motifs is 1. The van der Waals surface area contributed by atoms with Crippen molar-refractivity contribution in [2.45, 2.75) is 45.1 Å². The highest BCUT2D eigenvalue weighted by Gasteiger charge is 2.13. The van der Waals surface area contributed by atoms with Gasteiger partial charge in [-0.25, -0.2) is 4.79 Å². The largest absolute Gasteiger partial charge is 0.491 e. The van der Waals surface area contributed by atoms with Gasteiger partial charge in [-0.3, -0.25) is 0 Å². The van der Waals surface area contributed by atoms with Crippen molar-refractivity contribution in [1.82, 2.24) is 5.32 Å². The molecule has 6 heteroatoms. The molecule has 0 saturated heterocycles. The number of ether oxygens (including phenoxy) is 1. The summed E-state index contributed by atoms with van der Waals surface area (Å²) in [6.45, 7) is 3.62. The lowest BCUT2D eigenvalue weighted by atomic mass is 10.00. The Morgan fingerprint density at radius 2 is 1.84 bits per heavy atom. The summed E-state index contributed by atoms with van der Waals surface area (Å²) in [6.07, 6.45) is 3.85. The first-order chi connectivity index (χ1) is 15.6. The summed E-state index contributed by atoms with van der Waals surface area (Å²) >= 11 is 0. The van der Waals surface area contributed by atoms with Gasteiger partial charge in [0.2, 0.25) is 0 Å². The summed E-state index contributed by atoms with van der Waals surface area (Å²) < 4.78 is 11.3. The zero-order valence-electron chi connectivity index (χ0n) is 18.7. The van der Waals surface area contributed by atoms with Gasteiger partial charge in [0.25, 0.3) is 0 Å². The minimum Gasteiger partial charge on any atom is -0.491 e. The summed E-state index contributed by atoms with van der Waals surface area (Å²) in [5.41, 5.74) is 2.79. The smallest absolute Gasteiger partial charge is 0.340 e. The standard InChI is InChI=1S/C26H33NO5/c1-19-23-12-11-22(31-18-21(29)17-27-13-7-2-3-8-14-28)16-25(23)32-26(30)24(19)15-20-9-5-4-6-10-20/h4-6,9-12,16,21,27-29H,2-3,7-8,13-15,17-18H2,1H3. The molecule has 3 rings (SSSR count). The average molecular weight is 440 g/mol. The van der Waals surface area contributed by atoms with Gasteiger partial charge in [-0.05, 0) is 49.6 Å². The number of hydrogen-bond donors (Lipinski definition) is 3. The molecule has 0 aliphatic rings. The minimum absolute atomic E-state index is 0.151. The van der Waals surface area contributed by atoms with Crippen molar-refractivity contribution in [3.8, 4) is 5.75 Å². The minimum atomic E-state index is -0.634. The number of aliphatic hydroxyl groups excluding tert-OH is 2. The highest BCUT2D eigenvalue weighted by Crippen LogP contribution is 2.25. The van der Waals surface area contributed by atoms with Gasteiger partial charge >= 0.3 is 5.63 Å². The van der Waals surface area contributed by atoms with Crippen LogP contribution in [0.3, 0.4) is 0 Å². The van der Waals surface area contributed by atoms with Crippen LogP contribution in [0.1, 0.15) is 42.4 Å². The Bertz CT molecular complexity index is 1030. The zero-order valence-corrected chi connectivity index (χ0v) is 18.7. The maximum absolute atomic E-state index is 12.6. The first-order valence-corrected chi connectivity index (χ1v) is 11.3. The molecule has 1 unspecified atom stereocenters. The Morgan fingerprint density at radius 3 is 2.62 bits per heavy atom. The normalized spacial score (nSPS) is 12.2. The van der Waals surface area contributed by atoms with Crippen LogP contribution in [-0.2, 0) is 6.42 Å². The fourth-order valence-corrected chi connectivity index (χ4v) is 3.70. The summed E-state index contributed by atoms with van der Waals surface area (Å²) in [5.74, 6) is 0.555. The lowest BCUT2D eigenvalue weighted by molar-refractivity contribution is 0.106. The van der Waals surface area contributed by atoms with Gasteiger partial charge < -0.3 is 24.7 Å². The number of rotatable bonds is 13. The lowest BCUT2D eigenvalue weighted by Crippen LogP contribution is -2.32. The molecule has 0 radical (unpaired) electrons. The molecule has 1 atom stereocenters. The molecule has 0 aliphatic heterocycles. The predicted octanol–water partition coefficient (Wildman–Crippen LogP) is 3.57. The van der Waals surface area contributed by atoms with Gasteiger partial charge in [-0.15, -0.1) is 0 Å². The lowest BCUT2D eigenvalue weighted by Gasteiger charge is -2.14. The SMILES string of the molecule is Cc1c(Cc2ccccc2)c(=O)oc2cc(OCC(O)CNCCCCCCO)ccc12. The molecule has 6 nitrogen and oxygen atoms in total. The Balaban J connectivity index is 1.55. The van der Waals surface area contributed by atoms with E-state index in [-0.39, 0.29) is 18.8 Å². The third kappa shape index (κ3) is 6.92. The Labute approximate surface area is 188 Å². The highest BCUT2D eigenvalue weighted by molar-refractivity contribution is 5.82. The fraction of sp³-hybridized carbons (Fsp3) is 0.423. The van der Waals surface area contributed by atoms with E-state index in [1.807, 2.05) is 49.4 Å². The summed E-state index contributed by atoms with van der Waals surface area (Å²) in [5, 5.41) is 23.0. The third-order valence-corrected chi connectivity index (χ3v) is 5.57. The van der Waals surface area contributed by atoms with Crippen molar-refractivity contribution in [2.24, 2.45) is 0 Å². The highest BCUT2D eigenvalue weighted by atomic mass is 16.5. The van der Waals surface area contributed by atoms with E-state index in [9.17, 15) is 9.90 Å². The van der Waals surface area contributed by atoms with Crippen molar-refractivity contribution < 1.29 is 19.4 Å². The quantitative estimate of drug-likeness (QED) is 0.279. The molecule has 3 aromatic rings. The van der Waals surface area contributed by atoms with E-state index in [4.69, 9.17) is 14.3 Å². The summed E-state index contributed by atoms with van der Waals surface area (Å²) in [6, 6.07) is 15.3. The molecular formula is C26H33NO5. The Hall–Kier alpha value is -2.67. The van der Waals surface area contributed by atoms with E-state index < -0.39 is 6.10 Å². The van der Waals surface area contributed by atoms with Crippen LogP contribution < -0.4 is 15.7 Å². The van der Waals surface area contributed by atoms with Crippen LogP contribution in [0.2, 0.25) is 0 Å². The van der Waals surface area contributed by atoms with Gasteiger partial charge in [-0.1, -0.05) is 43.2 Å². The second kappa shape index (κ2) is 12.4. The van der Waals surface area contributed by atoms with E-state index in [0.29, 0.717) is 29.9 Å². The maximum atomic E-state index is 12.6. The van der Waals surface area contributed by atoms with Crippen LogP contribution in [0, 0.1) is 6.92 Å². The van der Waals surface area contributed by atoms with Crippen LogP contribution in [0.4, 0.5) is 0 Å². The molecule has 0 aliphatic carbocycles. The van der Waals surface area contributed by atoms with Crippen LogP contribution in [-0.4, -0.2) is 42.6 Å². The zero-order chi connectivity index (χ0) is 22.8. The first-order valence-electron chi connectivity index (χ1n) is 11.3. The second-order valence-electron chi connectivity index (χ2n) is 8.12. The first kappa shape index (κ1) is 24.0. The topological polar surface area (TPSA) is 91.9 Å². The molecule has 0 saturated carbocycles. The molecule has 0 fully saturated rings. The van der Waals surface area contributed by atoms with Gasteiger partial charge in [-0.2, -0.15) is 0 Å². The van der Waals surface area contributed by atoms with E-state index in [1.54, 1.807) is 6.07 Å². The van der Waals surface area contributed by atoms with Crippen molar-refractivity contribution in [2.75, 3.05) is 26.3 Å². The second-order valence-corrected chi connectivity index (χ2v) is 8.12. The van der Waals surface area contributed by atoms with Crippen LogP contribution in [0.5, 0.6) is 5.75 Å². The Morgan fingerprint density at radius 1 is 1.06 bits per heavy atom. The van der Waals surface area contributed by atoms with Crippen molar-refractivity contribution >= 4 is 11.0 Å². The van der Waals surface area contributed by atoms with Gasteiger partial charge in [0.15, 0.2) is 0 Å². The monoisotopic (exact) mass is 439 g/mol. The van der Waals surface area contributed by atoms with Crippen molar-refractivity contribution in [3.05, 3.63) is 75.6 Å². The third-order valence-electron chi connectivity index (χ3n) is 5.57. The molecule has 1 aromatic heterocycles. The molecule has 2 aromatic carbocycles. The number of nitrogens with one attached hydrogen (secondary N) is 1. The van der Waals surface area contributed by atoms with Gasteiger partial charge in [0.1, 0.15) is 24.0 Å². The molecule has 0 bridgehead atoms. The van der Waals surface area contributed by atoms with Crippen LogP contribution >= 0.6 is 0 Å². The molecule has 1 heterocycles. The van der Waals surface area contributed by atoms with E-state index in [2.05, 4.69) is 5.32 Å². The average Bonchev–Trinajstić information content (AvgIpc) is 2.80. The van der Waals surface area contributed by atoms with Gasteiger partial charge in [0.05, 0.1) is 0 Å². The van der Waals surface area contributed by atoms with E-state index in [1.165, 1.54) is 0 Å². The van der Waals surface area contributed by atoms with E-state index >= 15 is 0 Å². The number of aryl methyl sites for hydroxylation is 1. The predicted molar refractivity (Wildman–Crippen MR) is 126 cm³/mol. The number of benzene rings is 2. The van der Waals surface area contributed by atoms with Gasteiger partial charge in [0, 0.05) is 36.6 Å².